The zero-order valence-electron chi connectivity index (χ0n) is 14.6. The second-order valence-corrected chi connectivity index (χ2v) is 7.32. The van der Waals surface area contributed by atoms with Crippen LogP contribution in [0.5, 0.6) is 5.75 Å². The van der Waals surface area contributed by atoms with Crippen LogP contribution < -0.4 is 10.1 Å². The van der Waals surface area contributed by atoms with Crippen molar-refractivity contribution < 1.29 is 14.9 Å². The smallest absolute Gasteiger partial charge is 0.119 e. The lowest BCUT2D eigenvalue weighted by Crippen LogP contribution is -2.57. The molecule has 0 spiro atoms. The lowest BCUT2D eigenvalue weighted by atomic mass is 9.73. The van der Waals surface area contributed by atoms with Crippen molar-refractivity contribution in [2.75, 3.05) is 32.1 Å². The molecule has 0 saturated carbocycles. The van der Waals surface area contributed by atoms with Gasteiger partial charge in [0.25, 0.3) is 0 Å². The molecule has 1 aromatic rings. The maximum Gasteiger partial charge on any atom is 0.119 e. The van der Waals surface area contributed by atoms with E-state index in [4.69, 9.17) is 4.74 Å². The van der Waals surface area contributed by atoms with Gasteiger partial charge in [-0.1, -0.05) is 6.08 Å². The van der Waals surface area contributed by atoms with E-state index in [9.17, 15) is 10.2 Å². The summed E-state index contributed by atoms with van der Waals surface area (Å²) in [6.07, 6.45) is 3.46. The van der Waals surface area contributed by atoms with Crippen molar-refractivity contribution in [2.45, 2.75) is 25.0 Å². The molecular weight excluding hydrogens is 316 g/mol. The summed E-state index contributed by atoms with van der Waals surface area (Å²) in [7, 11) is 1.62. The molecule has 0 aromatic heterocycles. The van der Waals surface area contributed by atoms with E-state index in [2.05, 4.69) is 22.9 Å². The number of nitrogens with zero attached hydrogens (tertiary/aromatic N) is 1. The summed E-state index contributed by atoms with van der Waals surface area (Å²) in [6, 6.07) is 5.76. The number of hydrogen-bond donors (Lipinski definition) is 3. The number of ether oxygens (including phenoxy) is 1. The Morgan fingerprint density at radius 3 is 2.96 bits per heavy atom. The van der Waals surface area contributed by atoms with Crippen molar-refractivity contribution in [3.8, 4) is 5.75 Å². The van der Waals surface area contributed by atoms with Crippen LogP contribution in [-0.2, 0) is 0 Å². The average molecular weight is 342 g/mol. The van der Waals surface area contributed by atoms with Crippen molar-refractivity contribution in [2.24, 2.45) is 11.8 Å². The molecule has 3 saturated heterocycles. The number of methoxy groups -OCH3 is 1. The Morgan fingerprint density at radius 2 is 2.28 bits per heavy atom. The quantitative estimate of drug-likeness (QED) is 0.734. The molecule has 3 N–H and O–H groups in total. The summed E-state index contributed by atoms with van der Waals surface area (Å²) in [5.41, 5.74) is 2.39. The van der Waals surface area contributed by atoms with E-state index < -0.39 is 6.10 Å². The highest BCUT2D eigenvalue weighted by Crippen LogP contribution is 2.42. The minimum absolute atomic E-state index is 0.0456. The van der Waals surface area contributed by atoms with Crippen LogP contribution in [0.25, 0.3) is 5.57 Å². The van der Waals surface area contributed by atoms with E-state index in [-0.39, 0.29) is 11.8 Å². The number of aliphatic hydroxyl groups is 2. The molecule has 25 heavy (non-hydrogen) atoms. The first-order valence-corrected chi connectivity index (χ1v) is 9.01. The Hall–Kier alpha value is -1.98. The van der Waals surface area contributed by atoms with Crippen molar-refractivity contribution in [1.82, 2.24) is 4.90 Å². The van der Waals surface area contributed by atoms with Gasteiger partial charge >= 0.3 is 0 Å². The molecule has 0 radical (unpaired) electrons. The number of fused-ring (bicyclic) bond motifs is 4. The van der Waals surface area contributed by atoms with Gasteiger partial charge in [-0.2, -0.15) is 0 Å². The molecule has 5 nitrogen and oxygen atoms in total. The molecule has 4 heterocycles. The van der Waals surface area contributed by atoms with Gasteiger partial charge in [-0.3, -0.25) is 4.90 Å². The highest BCUT2D eigenvalue weighted by atomic mass is 16.5. The molecule has 1 aromatic carbocycles. The molecule has 0 amide bonds. The number of piperidine rings is 3. The van der Waals surface area contributed by atoms with Crippen LogP contribution in [0.1, 0.15) is 18.4 Å². The number of hydrogen-bond acceptors (Lipinski definition) is 5. The third-order valence-corrected chi connectivity index (χ3v) is 6.09. The SMILES string of the molecule is C=C[C@H]1CN2CC[C@H]1C[C@@H]2[C@@H](O)C1=C(O)CNc2ccc(OC)cc21. The third kappa shape index (κ3) is 2.71. The number of benzene rings is 1. The summed E-state index contributed by atoms with van der Waals surface area (Å²) in [5, 5.41) is 24.9. The Bertz CT molecular complexity index is 715. The lowest BCUT2D eigenvalue weighted by Gasteiger charge is -2.51. The first kappa shape index (κ1) is 16.5. The van der Waals surface area contributed by atoms with Crippen molar-refractivity contribution in [1.29, 1.82) is 0 Å². The normalized spacial score (nSPS) is 31.9. The standard InChI is InChI=1S/C20H26N2O3/c1-3-12-11-22-7-6-13(12)8-17(22)20(24)19-15-9-14(25-2)4-5-16(15)21-10-18(19)23/h3-5,9,12-13,17,20-21,23-24H,1,6-8,10-11H2,2H3/t12-,13-,17+,20+/m0/s1. The zero-order valence-corrected chi connectivity index (χ0v) is 14.6. The minimum atomic E-state index is -0.707. The minimum Gasteiger partial charge on any atom is -0.510 e. The molecule has 2 bridgehead atoms. The van der Waals surface area contributed by atoms with E-state index in [1.807, 2.05) is 18.2 Å². The third-order valence-electron chi connectivity index (χ3n) is 6.09. The maximum atomic E-state index is 11.2. The molecule has 5 rings (SSSR count). The van der Waals surface area contributed by atoms with E-state index in [0.717, 1.165) is 42.9 Å². The monoisotopic (exact) mass is 342 g/mol. The fraction of sp³-hybridized carbons (Fsp3) is 0.500. The van der Waals surface area contributed by atoms with Crippen LogP contribution in [0.15, 0.2) is 36.6 Å². The van der Waals surface area contributed by atoms with E-state index in [1.165, 1.54) is 0 Å². The highest BCUT2D eigenvalue weighted by Gasteiger charge is 2.43. The van der Waals surface area contributed by atoms with Gasteiger partial charge in [0.2, 0.25) is 0 Å². The summed E-state index contributed by atoms with van der Waals surface area (Å²) in [4.78, 5) is 2.36. The second-order valence-electron chi connectivity index (χ2n) is 7.32. The first-order valence-electron chi connectivity index (χ1n) is 9.01. The fourth-order valence-electron chi connectivity index (χ4n) is 4.68. The van der Waals surface area contributed by atoms with Crippen molar-refractivity contribution >= 4 is 11.3 Å². The Morgan fingerprint density at radius 1 is 1.44 bits per heavy atom. The Labute approximate surface area is 148 Å². The van der Waals surface area contributed by atoms with Crippen molar-refractivity contribution in [3.05, 3.63) is 42.2 Å². The summed E-state index contributed by atoms with van der Waals surface area (Å²) >= 11 is 0. The number of anilines is 1. The highest BCUT2D eigenvalue weighted by molar-refractivity contribution is 5.83. The molecule has 0 aliphatic carbocycles. The number of rotatable bonds is 4. The van der Waals surface area contributed by atoms with E-state index in [1.54, 1.807) is 7.11 Å². The predicted molar refractivity (Wildman–Crippen MR) is 98.8 cm³/mol. The van der Waals surface area contributed by atoms with Crippen LogP contribution >= 0.6 is 0 Å². The van der Waals surface area contributed by atoms with E-state index in [0.29, 0.717) is 24.0 Å². The predicted octanol–water partition coefficient (Wildman–Crippen LogP) is 2.65. The van der Waals surface area contributed by atoms with Gasteiger partial charge in [0.15, 0.2) is 0 Å². The van der Waals surface area contributed by atoms with Crippen LogP contribution in [0, 0.1) is 11.8 Å². The van der Waals surface area contributed by atoms with Gasteiger partial charge in [-0.25, -0.2) is 0 Å². The van der Waals surface area contributed by atoms with Gasteiger partial charge in [0.05, 0.1) is 19.8 Å². The molecule has 5 atom stereocenters. The molecular formula is C20H26N2O3. The van der Waals surface area contributed by atoms with Crippen LogP contribution in [0.3, 0.4) is 0 Å². The van der Waals surface area contributed by atoms with Crippen LogP contribution in [0.4, 0.5) is 5.69 Å². The summed E-state index contributed by atoms with van der Waals surface area (Å²) in [5.74, 6) is 2.03. The number of nitrogens with one attached hydrogen (secondary N) is 1. The second kappa shape index (κ2) is 6.39. The van der Waals surface area contributed by atoms with Crippen molar-refractivity contribution in [3.63, 3.8) is 0 Å². The van der Waals surface area contributed by atoms with Crippen LogP contribution in [0.2, 0.25) is 0 Å². The molecule has 134 valence electrons. The summed E-state index contributed by atoms with van der Waals surface area (Å²) in [6.45, 7) is 6.27. The largest absolute Gasteiger partial charge is 0.510 e. The molecule has 1 unspecified atom stereocenters. The van der Waals surface area contributed by atoms with Gasteiger partial charge in [-0.15, -0.1) is 6.58 Å². The Balaban J connectivity index is 1.66. The van der Waals surface area contributed by atoms with Gasteiger partial charge in [-0.05, 0) is 49.4 Å². The lowest BCUT2D eigenvalue weighted by molar-refractivity contribution is -0.0259. The zero-order chi connectivity index (χ0) is 17.6. The summed E-state index contributed by atoms with van der Waals surface area (Å²) < 4.78 is 5.33. The van der Waals surface area contributed by atoms with Gasteiger partial charge in [0.1, 0.15) is 11.5 Å². The molecule has 5 heteroatoms. The van der Waals surface area contributed by atoms with Gasteiger partial charge < -0.3 is 20.3 Å². The molecule has 3 fully saturated rings. The molecule has 4 aliphatic rings. The first-order chi connectivity index (χ1) is 12.1. The topological polar surface area (TPSA) is 65.0 Å². The average Bonchev–Trinajstić information content (AvgIpc) is 2.67. The number of aliphatic hydroxyl groups excluding tert-OH is 2. The fourth-order valence-corrected chi connectivity index (χ4v) is 4.68. The van der Waals surface area contributed by atoms with Crippen LogP contribution in [-0.4, -0.2) is 54.0 Å². The van der Waals surface area contributed by atoms with Gasteiger partial charge in [0, 0.05) is 29.4 Å². The Kier molecular flexibility index (Phi) is 4.21. The maximum absolute atomic E-state index is 11.2. The van der Waals surface area contributed by atoms with E-state index >= 15 is 0 Å². The molecule has 4 aliphatic heterocycles.